The Kier molecular flexibility index (Phi) is 6.96. The van der Waals surface area contributed by atoms with Crippen LogP contribution in [0.5, 0.6) is 0 Å². The Morgan fingerprint density at radius 2 is 2.23 bits per heavy atom. The zero-order valence-electron chi connectivity index (χ0n) is 15.2. The van der Waals surface area contributed by atoms with Crippen LogP contribution in [0.4, 0.5) is 5.13 Å². The fraction of sp³-hybridized carbons (Fsp3) is 0.526. The van der Waals surface area contributed by atoms with Crippen molar-refractivity contribution in [2.75, 3.05) is 38.3 Å². The number of nitrogens with one attached hydrogen (secondary N) is 1. The fourth-order valence-corrected chi connectivity index (χ4v) is 3.88. The van der Waals surface area contributed by atoms with Gasteiger partial charge in [-0.1, -0.05) is 30.3 Å². The topological polar surface area (TPSA) is 67.3 Å². The molecule has 1 aromatic heterocycles. The lowest BCUT2D eigenvalue weighted by Gasteiger charge is -2.31. The van der Waals surface area contributed by atoms with Gasteiger partial charge in [0.25, 0.3) is 0 Å². The van der Waals surface area contributed by atoms with Crippen LogP contribution in [-0.4, -0.2) is 48.6 Å². The van der Waals surface area contributed by atoms with Crippen LogP contribution in [0.25, 0.3) is 0 Å². The molecule has 0 radical (unpaired) electrons. The molecule has 26 heavy (non-hydrogen) atoms. The van der Waals surface area contributed by atoms with E-state index in [4.69, 9.17) is 9.72 Å². The van der Waals surface area contributed by atoms with Crippen LogP contribution in [-0.2, 0) is 16.0 Å². The number of carbonyl (C=O) groups is 1. The Balaban J connectivity index is 1.53. The van der Waals surface area contributed by atoms with E-state index in [1.165, 1.54) is 17.1 Å². The van der Waals surface area contributed by atoms with Gasteiger partial charge >= 0.3 is 0 Å². The van der Waals surface area contributed by atoms with Crippen LogP contribution >= 0.6 is 11.5 Å². The van der Waals surface area contributed by atoms with Gasteiger partial charge in [0.05, 0.1) is 5.92 Å². The third-order valence-electron chi connectivity index (χ3n) is 4.55. The van der Waals surface area contributed by atoms with Gasteiger partial charge in [0.2, 0.25) is 11.0 Å². The second kappa shape index (κ2) is 9.64. The summed E-state index contributed by atoms with van der Waals surface area (Å²) in [6.07, 6.45) is 3.53. The molecule has 1 unspecified atom stereocenters. The van der Waals surface area contributed by atoms with Crippen LogP contribution in [0.15, 0.2) is 30.3 Å². The smallest absolute Gasteiger partial charge is 0.224 e. The Bertz CT molecular complexity index is 692. The highest BCUT2D eigenvalue weighted by Crippen LogP contribution is 2.25. The van der Waals surface area contributed by atoms with E-state index in [1.807, 2.05) is 18.2 Å². The summed E-state index contributed by atoms with van der Waals surface area (Å²) in [7, 11) is 1.68. The number of anilines is 1. The van der Waals surface area contributed by atoms with E-state index >= 15 is 0 Å². The van der Waals surface area contributed by atoms with Gasteiger partial charge in [-0.3, -0.25) is 4.79 Å². The van der Waals surface area contributed by atoms with Crippen molar-refractivity contribution in [1.82, 2.24) is 14.7 Å². The van der Waals surface area contributed by atoms with E-state index in [-0.39, 0.29) is 11.8 Å². The number of aromatic nitrogens is 2. The van der Waals surface area contributed by atoms with Crippen molar-refractivity contribution in [3.8, 4) is 0 Å². The first kappa shape index (κ1) is 18.8. The second-order valence-electron chi connectivity index (χ2n) is 6.58. The molecular formula is C19H26N4O2S. The van der Waals surface area contributed by atoms with E-state index in [0.717, 1.165) is 49.7 Å². The summed E-state index contributed by atoms with van der Waals surface area (Å²) in [5, 5.41) is 3.94. The van der Waals surface area contributed by atoms with Crippen LogP contribution in [0.1, 0.15) is 30.7 Å². The second-order valence-corrected chi connectivity index (χ2v) is 7.31. The number of piperidine rings is 1. The number of benzene rings is 1. The van der Waals surface area contributed by atoms with Gasteiger partial charge in [0, 0.05) is 51.3 Å². The molecule has 1 N–H and O–H groups in total. The molecule has 1 saturated heterocycles. The minimum absolute atomic E-state index is 0.0211. The fourth-order valence-electron chi connectivity index (χ4n) is 3.16. The van der Waals surface area contributed by atoms with Crippen molar-refractivity contribution >= 4 is 22.6 Å². The number of methoxy groups -OCH3 is 1. The van der Waals surface area contributed by atoms with Gasteiger partial charge in [-0.2, -0.15) is 4.37 Å². The number of rotatable bonds is 8. The molecule has 140 valence electrons. The van der Waals surface area contributed by atoms with E-state index in [1.54, 1.807) is 7.11 Å². The number of carbonyl (C=O) groups excluding carboxylic acids is 1. The van der Waals surface area contributed by atoms with Crippen LogP contribution in [0.2, 0.25) is 0 Å². The SMILES string of the molecule is COCCCNC(=O)C1CCCN(c2nc(Cc3ccccc3)ns2)C1. The molecule has 0 saturated carbocycles. The molecule has 2 aromatic rings. The summed E-state index contributed by atoms with van der Waals surface area (Å²) in [6.45, 7) is 3.00. The molecule has 1 aliphatic heterocycles. The molecule has 0 aliphatic carbocycles. The summed E-state index contributed by atoms with van der Waals surface area (Å²) in [4.78, 5) is 19.3. The molecule has 0 spiro atoms. The highest BCUT2D eigenvalue weighted by atomic mass is 32.1. The zero-order valence-corrected chi connectivity index (χ0v) is 16.0. The molecule has 2 heterocycles. The molecule has 3 rings (SSSR count). The zero-order chi connectivity index (χ0) is 18.2. The third kappa shape index (κ3) is 5.25. The molecule has 1 fully saturated rings. The first-order chi connectivity index (χ1) is 12.8. The Hall–Kier alpha value is -1.99. The Labute approximate surface area is 158 Å². The van der Waals surface area contributed by atoms with E-state index in [2.05, 4.69) is 26.7 Å². The van der Waals surface area contributed by atoms with Gasteiger partial charge in [0.1, 0.15) is 5.82 Å². The Morgan fingerprint density at radius 3 is 3.04 bits per heavy atom. The van der Waals surface area contributed by atoms with Crippen molar-refractivity contribution in [1.29, 1.82) is 0 Å². The lowest BCUT2D eigenvalue weighted by molar-refractivity contribution is -0.125. The standard InChI is InChI=1S/C19H26N4O2S/c1-25-12-6-10-20-18(24)16-9-5-11-23(14-16)19-21-17(22-26-19)13-15-7-3-2-4-8-15/h2-4,7-8,16H,5-6,9-14H2,1H3,(H,20,24). The van der Waals surface area contributed by atoms with Gasteiger partial charge in [0.15, 0.2) is 0 Å². The van der Waals surface area contributed by atoms with Crippen LogP contribution in [0.3, 0.4) is 0 Å². The predicted octanol–water partition coefficient (Wildman–Crippen LogP) is 2.50. The molecule has 7 heteroatoms. The van der Waals surface area contributed by atoms with Crippen molar-refractivity contribution < 1.29 is 9.53 Å². The van der Waals surface area contributed by atoms with Gasteiger partial charge in [-0.15, -0.1) is 0 Å². The molecule has 0 bridgehead atoms. The lowest BCUT2D eigenvalue weighted by Crippen LogP contribution is -2.43. The maximum absolute atomic E-state index is 12.4. The molecule has 1 aromatic carbocycles. The molecular weight excluding hydrogens is 348 g/mol. The lowest BCUT2D eigenvalue weighted by atomic mass is 9.97. The number of hydrogen-bond donors (Lipinski definition) is 1. The number of hydrogen-bond acceptors (Lipinski definition) is 6. The predicted molar refractivity (Wildman–Crippen MR) is 104 cm³/mol. The van der Waals surface area contributed by atoms with Gasteiger partial charge in [-0.05, 0) is 24.8 Å². The average molecular weight is 375 g/mol. The normalized spacial score (nSPS) is 17.3. The van der Waals surface area contributed by atoms with Crippen molar-refractivity contribution in [2.45, 2.75) is 25.7 Å². The quantitative estimate of drug-likeness (QED) is 0.719. The van der Waals surface area contributed by atoms with Crippen molar-refractivity contribution in [2.24, 2.45) is 5.92 Å². The molecule has 1 aliphatic rings. The highest BCUT2D eigenvalue weighted by Gasteiger charge is 2.27. The van der Waals surface area contributed by atoms with E-state index in [0.29, 0.717) is 13.2 Å². The first-order valence-electron chi connectivity index (χ1n) is 9.14. The van der Waals surface area contributed by atoms with Crippen molar-refractivity contribution in [3.63, 3.8) is 0 Å². The van der Waals surface area contributed by atoms with Gasteiger partial charge in [-0.25, -0.2) is 4.98 Å². The first-order valence-corrected chi connectivity index (χ1v) is 9.91. The number of amides is 1. The summed E-state index contributed by atoms with van der Waals surface area (Å²) in [5.74, 6) is 1.01. The minimum Gasteiger partial charge on any atom is -0.385 e. The molecule has 1 atom stereocenters. The van der Waals surface area contributed by atoms with Crippen LogP contribution < -0.4 is 10.2 Å². The maximum atomic E-state index is 12.4. The maximum Gasteiger partial charge on any atom is 0.224 e. The third-order valence-corrected chi connectivity index (χ3v) is 5.36. The highest BCUT2D eigenvalue weighted by molar-refractivity contribution is 7.09. The number of ether oxygens (including phenoxy) is 1. The van der Waals surface area contributed by atoms with Crippen LogP contribution in [0, 0.1) is 5.92 Å². The largest absolute Gasteiger partial charge is 0.385 e. The summed E-state index contributed by atoms with van der Waals surface area (Å²) >= 11 is 1.43. The summed E-state index contributed by atoms with van der Waals surface area (Å²) in [6, 6.07) is 10.3. The molecule has 1 amide bonds. The van der Waals surface area contributed by atoms with E-state index < -0.39 is 0 Å². The minimum atomic E-state index is 0.0211. The summed E-state index contributed by atoms with van der Waals surface area (Å²) < 4.78 is 9.52. The average Bonchev–Trinajstić information content (AvgIpc) is 3.14. The van der Waals surface area contributed by atoms with Gasteiger partial charge < -0.3 is 15.0 Å². The van der Waals surface area contributed by atoms with E-state index in [9.17, 15) is 4.79 Å². The summed E-state index contributed by atoms with van der Waals surface area (Å²) in [5.41, 5.74) is 1.21. The van der Waals surface area contributed by atoms with Crippen molar-refractivity contribution in [3.05, 3.63) is 41.7 Å². The Morgan fingerprint density at radius 1 is 1.38 bits per heavy atom. The monoisotopic (exact) mass is 374 g/mol. The number of nitrogens with zero attached hydrogens (tertiary/aromatic N) is 3. The molecule has 6 nitrogen and oxygen atoms in total.